The molecule has 5 rings (SSSR count). The van der Waals surface area contributed by atoms with Gasteiger partial charge in [0.05, 0.1) is 20.0 Å². The van der Waals surface area contributed by atoms with Crippen molar-refractivity contribution >= 4 is 33.8 Å². The van der Waals surface area contributed by atoms with E-state index in [1.807, 2.05) is 42.8 Å². The van der Waals surface area contributed by atoms with Crippen molar-refractivity contribution in [3.05, 3.63) is 57.2 Å². The van der Waals surface area contributed by atoms with Gasteiger partial charge in [0.25, 0.3) is 0 Å². The zero-order valence-corrected chi connectivity index (χ0v) is 18.8. The number of rotatable bonds is 4. The SMILES string of the molecule is COc1cc(Cn2cnc3cc(I)cnc32)cc2c1OC(c1nc(C)oc1C)CO2. The molecule has 9 heteroatoms. The number of pyridine rings is 1. The highest BCUT2D eigenvalue weighted by molar-refractivity contribution is 14.1. The number of hydrogen-bond donors (Lipinski definition) is 0. The normalized spacial score (nSPS) is 15.5. The number of halogens is 1. The molecule has 4 aromatic rings. The van der Waals surface area contributed by atoms with Crippen LogP contribution in [0.15, 0.2) is 35.1 Å². The Hall–Kier alpha value is -2.82. The van der Waals surface area contributed by atoms with Gasteiger partial charge in [-0.2, -0.15) is 0 Å². The van der Waals surface area contributed by atoms with Gasteiger partial charge in [0, 0.05) is 16.7 Å². The summed E-state index contributed by atoms with van der Waals surface area (Å²) in [5.41, 5.74) is 3.45. The minimum absolute atomic E-state index is 0.348. The summed E-state index contributed by atoms with van der Waals surface area (Å²) in [5, 5.41) is 0. The molecule has 0 fully saturated rings. The second-order valence-corrected chi connectivity index (χ2v) is 8.33. The number of oxazole rings is 1. The molecule has 1 aromatic carbocycles. The number of imidazole rings is 1. The van der Waals surface area contributed by atoms with Gasteiger partial charge in [-0.25, -0.2) is 15.0 Å². The fraction of sp³-hybridized carbons (Fsp3) is 0.286. The van der Waals surface area contributed by atoms with E-state index in [-0.39, 0.29) is 6.10 Å². The zero-order valence-electron chi connectivity index (χ0n) is 16.7. The van der Waals surface area contributed by atoms with Crippen LogP contribution in [-0.4, -0.2) is 33.2 Å². The number of hydrogen-bond acceptors (Lipinski definition) is 7. The van der Waals surface area contributed by atoms with Crippen molar-refractivity contribution in [1.82, 2.24) is 19.5 Å². The minimum atomic E-state index is -0.348. The van der Waals surface area contributed by atoms with Crippen LogP contribution >= 0.6 is 22.6 Å². The number of fused-ring (bicyclic) bond motifs is 2. The van der Waals surface area contributed by atoms with E-state index >= 15 is 0 Å². The van der Waals surface area contributed by atoms with Crippen LogP contribution in [0.25, 0.3) is 11.2 Å². The number of nitrogens with zero attached hydrogens (tertiary/aromatic N) is 4. The predicted molar refractivity (Wildman–Crippen MR) is 117 cm³/mol. The molecule has 1 aliphatic heterocycles. The molecule has 154 valence electrons. The van der Waals surface area contributed by atoms with Crippen LogP contribution < -0.4 is 14.2 Å². The Kier molecular flexibility index (Phi) is 4.76. The first-order chi connectivity index (χ1) is 14.5. The van der Waals surface area contributed by atoms with E-state index in [0.717, 1.165) is 31.8 Å². The van der Waals surface area contributed by atoms with Crippen molar-refractivity contribution in [2.45, 2.75) is 26.5 Å². The standard InChI is InChI=1S/C21H19IN4O4/c1-11-19(25-12(2)29-11)18-9-28-17-5-13(4-16(27-3)20(17)30-18)8-26-10-24-15-6-14(22)7-23-21(15)26/h4-7,10,18H,8-9H2,1-3H3. The van der Waals surface area contributed by atoms with E-state index in [2.05, 4.69) is 37.5 Å². The molecule has 0 saturated carbocycles. The number of aromatic nitrogens is 4. The van der Waals surface area contributed by atoms with Crippen molar-refractivity contribution in [1.29, 1.82) is 0 Å². The van der Waals surface area contributed by atoms with Crippen molar-refractivity contribution in [2.75, 3.05) is 13.7 Å². The van der Waals surface area contributed by atoms with Crippen LogP contribution in [0.1, 0.15) is 29.0 Å². The summed E-state index contributed by atoms with van der Waals surface area (Å²) < 4.78 is 26.4. The summed E-state index contributed by atoms with van der Waals surface area (Å²) in [6, 6.07) is 5.93. The molecular formula is C21H19IN4O4. The second kappa shape index (κ2) is 7.46. The molecule has 1 aliphatic rings. The highest BCUT2D eigenvalue weighted by Crippen LogP contribution is 2.44. The first kappa shape index (κ1) is 19.2. The van der Waals surface area contributed by atoms with Gasteiger partial charge in [0.2, 0.25) is 5.75 Å². The maximum Gasteiger partial charge on any atom is 0.204 e. The van der Waals surface area contributed by atoms with Gasteiger partial charge < -0.3 is 23.2 Å². The van der Waals surface area contributed by atoms with E-state index in [1.165, 1.54) is 0 Å². The van der Waals surface area contributed by atoms with Gasteiger partial charge in [-0.05, 0) is 53.3 Å². The Balaban J connectivity index is 1.46. The van der Waals surface area contributed by atoms with Gasteiger partial charge in [-0.15, -0.1) is 0 Å². The Morgan fingerprint density at radius 3 is 2.87 bits per heavy atom. The molecule has 1 unspecified atom stereocenters. The third-order valence-corrected chi connectivity index (χ3v) is 5.56. The monoisotopic (exact) mass is 518 g/mol. The number of methoxy groups -OCH3 is 1. The molecule has 0 spiro atoms. The lowest BCUT2D eigenvalue weighted by molar-refractivity contribution is 0.0834. The summed E-state index contributed by atoms with van der Waals surface area (Å²) in [7, 11) is 1.62. The Morgan fingerprint density at radius 2 is 2.10 bits per heavy atom. The lowest BCUT2D eigenvalue weighted by Gasteiger charge is -2.27. The van der Waals surface area contributed by atoms with E-state index in [4.69, 9.17) is 18.6 Å². The average molecular weight is 518 g/mol. The molecule has 0 saturated heterocycles. The molecule has 8 nitrogen and oxygen atoms in total. The van der Waals surface area contributed by atoms with Crippen LogP contribution in [-0.2, 0) is 6.54 Å². The fourth-order valence-electron chi connectivity index (χ4n) is 3.65. The van der Waals surface area contributed by atoms with Crippen molar-refractivity contribution in [3.63, 3.8) is 0 Å². The molecule has 0 aliphatic carbocycles. The third kappa shape index (κ3) is 3.36. The van der Waals surface area contributed by atoms with Crippen LogP contribution in [0, 0.1) is 17.4 Å². The summed E-state index contributed by atoms with van der Waals surface area (Å²) in [5.74, 6) is 3.16. The molecule has 0 N–H and O–H groups in total. The lowest BCUT2D eigenvalue weighted by atomic mass is 10.1. The molecule has 3 aromatic heterocycles. The first-order valence-electron chi connectivity index (χ1n) is 9.42. The van der Waals surface area contributed by atoms with Crippen LogP contribution in [0.5, 0.6) is 17.2 Å². The van der Waals surface area contributed by atoms with Crippen LogP contribution in [0.4, 0.5) is 0 Å². The Bertz CT molecular complexity index is 1230. The molecule has 1 atom stereocenters. The van der Waals surface area contributed by atoms with Crippen LogP contribution in [0.2, 0.25) is 0 Å². The smallest absolute Gasteiger partial charge is 0.204 e. The molecule has 4 heterocycles. The lowest BCUT2D eigenvalue weighted by Crippen LogP contribution is -2.23. The Morgan fingerprint density at radius 1 is 1.23 bits per heavy atom. The zero-order chi connectivity index (χ0) is 20.8. The van der Waals surface area contributed by atoms with Gasteiger partial charge >= 0.3 is 0 Å². The third-order valence-electron chi connectivity index (χ3n) is 4.97. The maximum absolute atomic E-state index is 6.20. The van der Waals surface area contributed by atoms with Gasteiger partial charge in [0.1, 0.15) is 23.6 Å². The van der Waals surface area contributed by atoms with Gasteiger partial charge in [-0.1, -0.05) is 0 Å². The number of ether oxygens (including phenoxy) is 3. The van der Waals surface area contributed by atoms with E-state index < -0.39 is 0 Å². The maximum atomic E-state index is 6.20. The minimum Gasteiger partial charge on any atom is -0.493 e. The van der Waals surface area contributed by atoms with E-state index in [1.54, 1.807) is 13.4 Å². The summed E-state index contributed by atoms with van der Waals surface area (Å²) >= 11 is 2.23. The number of benzene rings is 1. The van der Waals surface area contributed by atoms with Crippen molar-refractivity contribution in [3.8, 4) is 17.2 Å². The van der Waals surface area contributed by atoms with Gasteiger partial charge in [-0.3, -0.25) is 0 Å². The Labute approximate surface area is 186 Å². The highest BCUT2D eigenvalue weighted by Gasteiger charge is 2.30. The van der Waals surface area contributed by atoms with E-state index in [9.17, 15) is 0 Å². The fourth-order valence-corrected chi connectivity index (χ4v) is 4.09. The first-order valence-corrected chi connectivity index (χ1v) is 10.5. The number of aryl methyl sites for hydroxylation is 2. The van der Waals surface area contributed by atoms with Gasteiger partial charge in [0.15, 0.2) is 29.1 Å². The van der Waals surface area contributed by atoms with Crippen molar-refractivity contribution in [2.24, 2.45) is 0 Å². The molecule has 0 amide bonds. The van der Waals surface area contributed by atoms with E-state index in [0.29, 0.717) is 36.3 Å². The quantitative estimate of drug-likeness (QED) is 0.375. The molecule has 30 heavy (non-hydrogen) atoms. The average Bonchev–Trinajstić information content (AvgIpc) is 3.28. The summed E-state index contributed by atoms with van der Waals surface area (Å²) in [6.45, 7) is 4.62. The molecular weight excluding hydrogens is 499 g/mol. The van der Waals surface area contributed by atoms with Crippen LogP contribution in [0.3, 0.4) is 0 Å². The highest BCUT2D eigenvalue weighted by atomic mass is 127. The van der Waals surface area contributed by atoms with Crippen molar-refractivity contribution < 1.29 is 18.6 Å². The second-order valence-electron chi connectivity index (χ2n) is 7.09. The predicted octanol–water partition coefficient (Wildman–Crippen LogP) is 4.21. The summed E-state index contributed by atoms with van der Waals surface area (Å²) in [6.07, 6.45) is 3.28. The molecule has 0 bridgehead atoms. The molecule has 0 radical (unpaired) electrons. The summed E-state index contributed by atoms with van der Waals surface area (Å²) in [4.78, 5) is 13.4. The topological polar surface area (TPSA) is 84.4 Å². The largest absolute Gasteiger partial charge is 0.493 e.